The quantitative estimate of drug-likeness (QED) is 0.651. The second kappa shape index (κ2) is 8.17. The van der Waals surface area contributed by atoms with Crippen molar-refractivity contribution in [2.75, 3.05) is 14.1 Å². The first-order valence-electron chi connectivity index (χ1n) is 10.3. The standard InChI is InChI=1S/C24H29N3O/c1-26(2)23(28)15-21-17-27(22-9-6-14-25-24(21)22)16-18-10-12-20(13-11-18)19-7-4-3-5-8-19/h3-9,14,17-18,20H,10-13,15-16H2,1-2H3. The van der Waals surface area contributed by atoms with Crippen LogP contribution >= 0.6 is 0 Å². The molecule has 0 radical (unpaired) electrons. The van der Waals surface area contributed by atoms with Crippen molar-refractivity contribution in [1.82, 2.24) is 14.5 Å². The number of hydrogen-bond donors (Lipinski definition) is 0. The molecule has 4 heteroatoms. The zero-order valence-electron chi connectivity index (χ0n) is 16.8. The van der Waals surface area contributed by atoms with Gasteiger partial charge in [-0.25, -0.2) is 0 Å². The second-order valence-electron chi connectivity index (χ2n) is 8.27. The van der Waals surface area contributed by atoms with Crippen LogP contribution in [0.5, 0.6) is 0 Å². The SMILES string of the molecule is CN(C)C(=O)Cc1cn(CC2CCC(c3ccccc3)CC2)c2cccnc12. The van der Waals surface area contributed by atoms with Gasteiger partial charge in [0.15, 0.2) is 0 Å². The number of amides is 1. The summed E-state index contributed by atoms with van der Waals surface area (Å²) in [5, 5.41) is 0. The fourth-order valence-corrected chi connectivity index (χ4v) is 4.48. The van der Waals surface area contributed by atoms with Gasteiger partial charge < -0.3 is 9.47 Å². The van der Waals surface area contributed by atoms with Crippen LogP contribution < -0.4 is 0 Å². The van der Waals surface area contributed by atoms with E-state index in [2.05, 4.69) is 52.1 Å². The van der Waals surface area contributed by atoms with Crippen molar-refractivity contribution < 1.29 is 4.79 Å². The van der Waals surface area contributed by atoms with Crippen LogP contribution in [0.4, 0.5) is 0 Å². The van der Waals surface area contributed by atoms with E-state index in [1.165, 1.54) is 31.2 Å². The van der Waals surface area contributed by atoms with E-state index in [1.54, 1.807) is 19.0 Å². The summed E-state index contributed by atoms with van der Waals surface area (Å²) in [6, 6.07) is 15.0. The van der Waals surface area contributed by atoms with E-state index in [4.69, 9.17) is 0 Å². The van der Waals surface area contributed by atoms with Gasteiger partial charge in [0, 0.05) is 38.6 Å². The smallest absolute Gasteiger partial charge is 0.226 e. The van der Waals surface area contributed by atoms with Gasteiger partial charge in [0.1, 0.15) is 0 Å². The van der Waals surface area contributed by atoms with Gasteiger partial charge in [-0.1, -0.05) is 30.3 Å². The van der Waals surface area contributed by atoms with Crippen molar-refractivity contribution >= 4 is 16.9 Å². The first-order chi connectivity index (χ1) is 13.6. The molecule has 4 rings (SSSR count). The lowest BCUT2D eigenvalue weighted by Gasteiger charge is -2.29. The first-order valence-corrected chi connectivity index (χ1v) is 10.3. The summed E-state index contributed by atoms with van der Waals surface area (Å²) in [4.78, 5) is 18.4. The monoisotopic (exact) mass is 375 g/mol. The van der Waals surface area contributed by atoms with Gasteiger partial charge in [0.2, 0.25) is 5.91 Å². The molecule has 0 aliphatic heterocycles. The van der Waals surface area contributed by atoms with Gasteiger partial charge in [-0.05, 0) is 55.2 Å². The molecule has 28 heavy (non-hydrogen) atoms. The summed E-state index contributed by atoms with van der Waals surface area (Å²) < 4.78 is 2.33. The van der Waals surface area contributed by atoms with Crippen LogP contribution in [0.15, 0.2) is 54.9 Å². The van der Waals surface area contributed by atoms with E-state index in [9.17, 15) is 4.79 Å². The molecule has 1 saturated carbocycles. The molecular weight excluding hydrogens is 346 g/mol. The van der Waals surface area contributed by atoms with Crippen LogP contribution in [0.1, 0.15) is 42.7 Å². The second-order valence-corrected chi connectivity index (χ2v) is 8.27. The third-order valence-electron chi connectivity index (χ3n) is 6.12. The maximum absolute atomic E-state index is 12.2. The molecule has 1 aliphatic carbocycles. The van der Waals surface area contributed by atoms with Crippen LogP contribution in [-0.4, -0.2) is 34.5 Å². The third kappa shape index (κ3) is 3.96. The summed E-state index contributed by atoms with van der Waals surface area (Å²) in [6.45, 7) is 1.01. The Morgan fingerprint density at radius 1 is 1.07 bits per heavy atom. The van der Waals surface area contributed by atoms with E-state index in [1.807, 2.05) is 12.3 Å². The number of nitrogens with zero attached hydrogens (tertiary/aromatic N) is 3. The molecular formula is C24H29N3O. The minimum atomic E-state index is 0.119. The van der Waals surface area contributed by atoms with Crippen LogP contribution in [0.25, 0.3) is 11.0 Å². The predicted molar refractivity (Wildman–Crippen MR) is 113 cm³/mol. The molecule has 0 bridgehead atoms. The van der Waals surface area contributed by atoms with E-state index in [0.29, 0.717) is 18.3 Å². The van der Waals surface area contributed by atoms with E-state index < -0.39 is 0 Å². The zero-order chi connectivity index (χ0) is 19.5. The highest BCUT2D eigenvalue weighted by molar-refractivity contribution is 5.86. The van der Waals surface area contributed by atoms with E-state index >= 15 is 0 Å². The number of fused-ring (bicyclic) bond motifs is 1. The van der Waals surface area contributed by atoms with Gasteiger partial charge in [0.05, 0.1) is 17.5 Å². The maximum atomic E-state index is 12.2. The number of pyridine rings is 1. The van der Waals surface area contributed by atoms with Crippen LogP contribution in [0.2, 0.25) is 0 Å². The minimum absolute atomic E-state index is 0.119. The molecule has 3 aromatic rings. The lowest BCUT2D eigenvalue weighted by molar-refractivity contribution is -0.127. The molecule has 1 aliphatic rings. The molecule has 0 saturated heterocycles. The molecule has 146 valence electrons. The Labute approximate surface area is 167 Å². The molecule has 0 atom stereocenters. The molecule has 1 fully saturated rings. The normalized spacial score (nSPS) is 19.6. The maximum Gasteiger partial charge on any atom is 0.226 e. The fraction of sp³-hybridized carbons (Fsp3) is 0.417. The summed E-state index contributed by atoms with van der Waals surface area (Å²) in [5.41, 5.74) is 4.64. The van der Waals surface area contributed by atoms with Crippen molar-refractivity contribution in [2.24, 2.45) is 5.92 Å². The van der Waals surface area contributed by atoms with Crippen molar-refractivity contribution in [3.8, 4) is 0 Å². The number of carbonyl (C=O) groups is 1. The van der Waals surface area contributed by atoms with Gasteiger partial charge in [-0.2, -0.15) is 0 Å². The van der Waals surface area contributed by atoms with Gasteiger partial charge >= 0.3 is 0 Å². The topological polar surface area (TPSA) is 38.1 Å². The van der Waals surface area contributed by atoms with Crippen LogP contribution in [0.3, 0.4) is 0 Å². The lowest BCUT2D eigenvalue weighted by atomic mass is 9.78. The number of hydrogen-bond acceptors (Lipinski definition) is 2. The zero-order valence-corrected chi connectivity index (χ0v) is 16.8. The third-order valence-corrected chi connectivity index (χ3v) is 6.12. The van der Waals surface area contributed by atoms with Crippen LogP contribution in [-0.2, 0) is 17.8 Å². The number of rotatable bonds is 5. The van der Waals surface area contributed by atoms with Gasteiger partial charge in [0.25, 0.3) is 0 Å². The molecule has 1 amide bonds. The van der Waals surface area contributed by atoms with Crippen molar-refractivity contribution in [2.45, 2.75) is 44.6 Å². The Kier molecular flexibility index (Phi) is 5.47. The van der Waals surface area contributed by atoms with E-state index in [-0.39, 0.29) is 5.91 Å². The largest absolute Gasteiger partial charge is 0.349 e. The molecule has 0 spiro atoms. The van der Waals surface area contributed by atoms with Crippen molar-refractivity contribution in [3.05, 3.63) is 66.0 Å². The summed E-state index contributed by atoms with van der Waals surface area (Å²) in [5.74, 6) is 1.51. The number of benzene rings is 1. The Balaban J connectivity index is 1.47. The molecule has 0 N–H and O–H groups in total. The van der Waals surface area contributed by atoms with Gasteiger partial charge in [-0.3, -0.25) is 9.78 Å². The Morgan fingerprint density at radius 2 is 1.82 bits per heavy atom. The van der Waals surface area contributed by atoms with E-state index in [0.717, 1.165) is 23.1 Å². The average molecular weight is 376 g/mol. The molecule has 2 heterocycles. The van der Waals surface area contributed by atoms with Crippen molar-refractivity contribution in [1.29, 1.82) is 0 Å². The lowest BCUT2D eigenvalue weighted by Crippen LogP contribution is -2.23. The number of carbonyl (C=O) groups excluding carboxylic acids is 1. The predicted octanol–water partition coefficient (Wildman–Crippen LogP) is 4.64. The summed E-state index contributed by atoms with van der Waals surface area (Å²) >= 11 is 0. The molecule has 1 aromatic carbocycles. The van der Waals surface area contributed by atoms with Crippen molar-refractivity contribution in [3.63, 3.8) is 0 Å². The Bertz CT molecular complexity index is 937. The molecule has 2 aromatic heterocycles. The molecule has 4 nitrogen and oxygen atoms in total. The van der Waals surface area contributed by atoms with Crippen LogP contribution in [0, 0.1) is 5.92 Å². The fourth-order valence-electron chi connectivity index (χ4n) is 4.48. The summed E-state index contributed by atoms with van der Waals surface area (Å²) in [7, 11) is 3.61. The average Bonchev–Trinajstić information content (AvgIpc) is 3.06. The number of aromatic nitrogens is 2. The highest BCUT2D eigenvalue weighted by Crippen LogP contribution is 2.37. The molecule has 0 unspecified atom stereocenters. The Morgan fingerprint density at radius 3 is 2.54 bits per heavy atom. The van der Waals surface area contributed by atoms with Gasteiger partial charge in [-0.15, -0.1) is 0 Å². The summed E-state index contributed by atoms with van der Waals surface area (Å²) in [6.07, 6.45) is 9.42. The Hall–Kier alpha value is -2.62. The highest BCUT2D eigenvalue weighted by Gasteiger charge is 2.23. The first kappa shape index (κ1) is 18.7. The number of likely N-dealkylation sites (N-methyl/N-ethyl adjacent to an activating group) is 1. The minimum Gasteiger partial charge on any atom is -0.349 e. The highest BCUT2D eigenvalue weighted by atomic mass is 16.2.